The van der Waals surface area contributed by atoms with Crippen LogP contribution in [0, 0.1) is 0 Å². The molecule has 1 aromatic carbocycles. The Morgan fingerprint density at radius 3 is 2.86 bits per heavy atom. The van der Waals surface area contributed by atoms with Crippen LogP contribution in [0.2, 0.25) is 0 Å². The van der Waals surface area contributed by atoms with Crippen LogP contribution in [0.3, 0.4) is 0 Å². The van der Waals surface area contributed by atoms with Gasteiger partial charge < -0.3 is 14.8 Å². The first-order valence-electron chi connectivity index (χ1n) is 9.78. The van der Waals surface area contributed by atoms with E-state index in [4.69, 9.17) is 9.47 Å². The van der Waals surface area contributed by atoms with Crippen molar-refractivity contribution in [3.05, 3.63) is 54.7 Å². The second-order valence-electron chi connectivity index (χ2n) is 7.32. The van der Waals surface area contributed by atoms with Crippen molar-refractivity contribution < 1.29 is 14.3 Å². The monoisotopic (exact) mass is 391 g/mol. The van der Waals surface area contributed by atoms with Crippen LogP contribution in [0.25, 0.3) is 11.3 Å². The summed E-state index contributed by atoms with van der Waals surface area (Å²) in [5.41, 5.74) is 2.39. The number of para-hydroxylation sites is 1. The number of benzene rings is 1. The lowest BCUT2D eigenvalue weighted by molar-refractivity contribution is 0.0917. The van der Waals surface area contributed by atoms with E-state index in [9.17, 15) is 4.79 Å². The number of aromatic nitrogens is 4. The van der Waals surface area contributed by atoms with Crippen LogP contribution >= 0.6 is 0 Å². The van der Waals surface area contributed by atoms with E-state index in [0.717, 1.165) is 36.9 Å². The van der Waals surface area contributed by atoms with Gasteiger partial charge in [0.1, 0.15) is 6.33 Å². The molecule has 8 heteroatoms. The van der Waals surface area contributed by atoms with E-state index >= 15 is 0 Å². The van der Waals surface area contributed by atoms with Crippen LogP contribution in [0.15, 0.2) is 49.2 Å². The molecule has 1 aliphatic carbocycles. The Kier molecular flexibility index (Phi) is 4.59. The number of carbonyl (C=O) groups excluding carboxylic acids is 1. The first kappa shape index (κ1) is 17.7. The van der Waals surface area contributed by atoms with E-state index in [-0.39, 0.29) is 18.7 Å². The maximum Gasteiger partial charge on any atom is 0.255 e. The molecule has 0 unspecified atom stereocenters. The fraction of sp³-hybridized carbons (Fsp3) is 0.333. The summed E-state index contributed by atoms with van der Waals surface area (Å²) in [5.74, 6) is 1.05. The van der Waals surface area contributed by atoms with Gasteiger partial charge in [-0.05, 0) is 43.9 Å². The molecular weight excluding hydrogens is 370 g/mol. The SMILES string of the molecule is O=C(NC1CCC(n2cc(-c3ccncn3)cn2)CC1)c1cccc2c1OCO2. The molecule has 1 aliphatic heterocycles. The summed E-state index contributed by atoms with van der Waals surface area (Å²) in [4.78, 5) is 20.9. The number of nitrogens with zero attached hydrogens (tertiary/aromatic N) is 4. The Hall–Kier alpha value is -3.42. The lowest BCUT2D eigenvalue weighted by Crippen LogP contribution is -2.38. The maximum absolute atomic E-state index is 12.7. The first-order valence-corrected chi connectivity index (χ1v) is 9.78. The van der Waals surface area contributed by atoms with Gasteiger partial charge in [0.25, 0.3) is 5.91 Å². The van der Waals surface area contributed by atoms with E-state index in [1.807, 2.05) is 35.3 Å². The quantitative estimate of drug-likeness (QED) is 0.735. The van der Waals surface area contributed by atoms with Gasteiger partial charge in [0.15, 0.2) is 11.5 Å². The second-order valence-corrected chi connectivity index (χ2v) is 7.32. The van der Waals surface area contributed by atoms with Gasteiger partial charge in [-0.25, -0.2) is 9.97 Å². The Morgan fingerprint density at radius 1 is 1.14 bits per heavy atom. The molecule has 8 nitrogen and oxygen atoms in total. The van der Waals surface area contributed by atoms with Gasteiger partial charge in [-0.3, -0.25) is 9.48 Å². The van der Waals surface area contributed by atoms with Crippen molar-refractivity contribution in [2.75, 3.05) is 6.79 Å². The van der Waals surface area contributed by atoms with Crippen molar-refractivity contribution in [3.8, 4) is 22.8 Å². The predicted octanol–water partition coefficient (Wildman–Crippen LogP) is 2.98. The zero-order valence-corrected chi connectivity index (χ0v) is 15.8. The molecule has 1 N–H and O–H groups in total. The summed E-state index contributed by atoms with van der Waals surface area (Å²) in [6.07, 6.45) is 10.9. The molecule has 3 heterocycles. The summed E-state index contributed by atoms with van der Waals surface area (Å²) in [7, 11) is 0. The molecule has 0 saturated heterocycles. The smallest absolute Gasteiger partial charge is 0.255 e. The molecule has 1 fully saturated rings. The number of carbonyl (C=O) groups is 1. The maximum atomic E-state index is 12.7. The summed E-state index contributed by atoms with van der Waals surface area (Å²) in [6, 6.07) is 7.75. The van der Waals surface area contributed by atoms with E-state index in [1.165, 1.54) is 0 Å². The number of hydrogen-bond acceptors (Lipinski definition) is 6. The Bertz CT molecular complexity index is 1010. The highest BCUT2D eigenvalue weighted by Gasteiger charge is 2.27. The van der Waals surface area contributed by atoms with Crippen molar-refractivity contribution >= 4 is 5.91 Å². The third-order valence-electron chi connectivity index (χ3n) is 5.53. The molecule has 5 rings (SSSR count). The summed E-state index contributed by atoms with van der Waals surface area (Å²) in [5, 5.41) is 7.67. The summed E-state index contributed by atoms with van der Waals surface area (Å²) < 4.78 is 12.8. The van der Waals surface area contributed by atoms with Crippen molar-refractivity contribution in [3.63, 3.8) is 0 Å². The van der Waals surface area contributed by atoms with Gasteiger partial charge in [-0.1, -0.05) is 6.07 Å². The van der Waals surface area contributed by atoms with E-state index in [0.29, 0.717) is 23.1 Å². The number of rotatable bonds is 4. The van der Waals surface area contributed by atoms with Gasteiger partial charge in [-0.2, -0.15) is 5.10 Å². The number of fused-ring (bicyclic) bond motifs is 1. The van der Waals surface area contributed by atoms with Gasteiger partial charge in [0.2, 0.25) is 6.79 Å². The molecule has 29 heavy (non-hydrogen) atoms. The normalized spacial score (nSPS) is 20.4. The predicted molar refractivity (Wildman–Crippen MR) is 105 cm³/mol. The minimum atomic E-state index is -0.110. The van der Waals surface area contributed by atoms with Gasteiger partial charge in [0.05, 0.1) is 23.5 Å². The highest BCUT2D eigenvalue weighted by molar-refractivity contribution is 5.98. The molecule has 148 valence electrons. The Labute approximate surface area is 167 Å². The lowest BCUT2D eigenvalue weighted by Gasteiger charge is -2.29. The topological polar surface area (TPSA) is 91.2 Å². The second kappa shape index (κ2) is 7.54. The molecule has 0 bridgehead atoms. The zero-order chi connectivity index (χ0) is 19.6. The third-order valence-corrected chi connectivity index (χ3v) is 5.53. The van der Waals surface area contributed by atoms with Crippen LogP contribution in [0.5, 0.6) is 11.5 Å². The van der Waals surface area contributed by atoms with Crippen LogP contribution < -0.4 is 14.8 Å². The number of hydrogen-bond donors (Lipinski definition) is 1. The van der Waals surface area contributed by atoms with E-state index < -0.39 is 0 Å². The van der Waals surface area contributed by atoms with Crippen molar-refractivity contribution in [2.24, 2.45) is 0 Å². The van der Waals surface area contributed by atoms with E-state index in [1.54, 1.807) is 18.6 Å². The largest absolute Gasteiger partial charge is 0.454 e. The van der Waals surface area contributed by atoms with Crippen LogP contribution in [0.1, 0.15) is 42.1 Å². The number of ether oxygens (including phenoxy) is 2. The Morgan fingerprint density at radius 2 is 2.03 bits per heavy atom. The number of nitrogens with one attached hydrogen (secondary N) is 1. The lowest BCUT2D eigenvalue weighted by atomic mass is 9.91. The van der Waals surface area contributed by atoms with Crippen LogP contribution in [0.4, 0.5) is 0 Å². The molecular formula is C21H21N5O3. The first-order chi connectivity index (χ1) is 14.3. The van der Waals surface area contributed by atoms with Crippen molar-refractivity contribution in [1.29, 1.82) is 0 Å². The van der Waals surface area contributed by atoms with Crippen LogP contribution in [-0.4, -0.2) is 38.5 Å². The van der Waals surface area contributed by atoms with E-state index in [2.05, 4.69) is 20.4 Å². The molecule has 1 saturated carbocycles. The minimum Gasteiger partial charge on any atom is -0.454 e. The van der Waals surface area contributed by atoms with Gasteiger partial charge in [0, 0.05) is 24.0 Å². The average Bonchev–Trinajstić information content (AvgIpc) is 3.44. The average molecular weight is 391 g/mol. The number of amides is 1. The summed E-state index contributed by atoms with van der Waals surface area (Å²) >= 11 is 0. The standard InChI is InChI=1S/C21H21N5O3/c27-21(17-2-1-3-19-20(17)29-13-28-19)25-15-4-6-16(7-5-15)26-11-14(10-24-26)18-8-9-22-12-23-18/h1-3,8-12,15-16H,4-7,13H2,(H,25,27). The molecule has 0 radical (unpaired) electrons. The molecule has 0 spiro atoms. The van der Waals surface area contributed by atoms with Crippen LogP contribution in [-0.2, 0) is 0 Å². The highest BCUT2D eigenvalue weighted by atomic mass is 16.7. The molecule has 3 aromatic rings. The fourth-order valence-corrected chi connectivity index (χ4v) is 3.99. The molecule has 0 atom stereocenters. The fourth-order valence-electron chi connectivity index (χ4n) is 3.99. The Balaban J connectivity index is 1.20. The highest BCUT2D eigenvalue weighted by Crippen LogP contribution is 2.36. The molecule has 2 aliphatic rings. The van der Waals surface area contributed by atoms with Crippen molar-refractivity contribution in [2.45, 2.75) is 37.8 Å². The minimum absolute atomic E-state index is 0.110. The van der Waals surface area contributed by atoms with Gasteiger partial charge in [-0.15, -0.1) is 0 Å². The molecule has 1 amide bonds. The zero-order valence-electron chi connectivity index (χ0n) is 15.8. The molecule has 2 aromatic heterocycles. The van der Waals surface area contributed by atoms with Crippen molar-refractivity contribution in [1.82, 2.24) is 25.1 Å². The third kappa shape index (κ3) is 3.53. The van der Waals surface area contributed by atoms with Gasteiger partial charge >= 0.3 is 0 Å². The summed E-state index contributed by atoms with van der Waals surface area (Å²) in [6.45, 7) is 0.158.